The zero-order valence-electron chi connectivity index (χ0n) is 13.8. The van der Waals surface area contributed by atoms with E-state index < -0.39 is 6.36 Å². The third-order valence-electron chi connectivity index (χ3n) is 3.39. The number of nitrogens with zero attached hydrogens (tertiary/aromatic N) is 2. The number of rotatable bonds is 7. The molecule has 0 bridgehead atoms. The van der Waals surface area contributed by atoms with E-state index in [-0.39, 0.29) is 5.75 Å². The third-order valence-corrected chi connectivity index (χ3v) is 3.39. The number of unbranched alkanes of at least 4 members (excludes halogenated alkanes) is 1. The smallest absolute Gasteiger partial charge is 0.406 e. The van der Waals surface area contributed by atoms with Crippen molar-refractivity contribution in [1.82, 2.24) is 0 Å². The van der Waals surface area contributed by atoms with E-state index in [0.29, 0.717) is 5.56 Å². The molecule has 25 heavy (non-hydrogen) atoms. The quantitative estimate of drug-likeness (QED) is 0.488. The van der Waals surface area contributed by atoms with Crippen molar-refractivity contribution >= 4 is 12.4 Å². The molecule has 0 radical (unpaired) electrons. The van der Waals surface area contributed by atoms with Gasteiger partial charge in [-0.05, 0) is 53.8 Å². The van der Waals surface area contributed by atoms with Crippen LogP contribution in [-0.2, 0) is 6.42 Å². The minimum absolute atomic E-state index is 0.267. The van der Waals surface area contributed by atoms with Crippen molar-refractivity contribution in [2.45, 2.75) is 32.5 Å². The predicted octanol–water partition coefficient (Wildman–Crippen LogP) is 5.38. The molecule has 0 spiro atoms. The zero-order chi connectivity index (χ0) is 18.1. The Morgan fingerprint density at radius 2 is 1.40 bits per heavy atom. The van der Waals surface area contributed by atoms with E-state index in [2.05, 4.69) is 34.0 Å². The zero-order valence-corrected chi connectivity index (χ0v) is 13.8. The van der Waals surface area contributed by atoms with Crippen molar-refractivity contribution in [3.8, 4) is 5.75 Å². The van der Waals surface area contributed by atoms with Crippen molar-refractivity contribution in [3.05, 3.63) is 65.2 Å². The molecule has 0 saturated heterocycles. The van der Waals surface area contributed by atoms with Gasteiger partial charge in [-0.15, -0.1) is 13.2 Å². The van der Waals surface area contributed by atoms with Crippen LogP contribution in [0.25, 0.3) is 0 Å². The largest absolute Gasteiger partial charge is 0.573 e. The molecule has 3 nitrogen and oxygen atoms in total. The Labute approximate surface area is 144 Å². The second-order valence-corrected chi connectivity index (χ2v) is 5.45. The molecule has 0 aliphatic carbocycles. The van der Waals surface area contributed by atoms with Crippen molar-refractivity contribution < 1.29 is 17.9 Å². The minimum Gasteiger partial charge on any atom is -0.406 e. The molecule has 132 valence electrons. The van der Waals surface area contributed by atoms with E-state index in [9.17, 15) is 13.2 Å². The summed E-state index contributed by atoms with van der Waals surface area (Å²) < 4.78 is 40.0. The lowest BCUT2D eigenvalue weighted by molar-refractivity contribution is -0.274. The number of ether oxygens (including phenoxy) is 1. The summed E-state index contributed by atoms with van der Waals surface area (Å²) in [6.45, 7) is 2.16. The maximum atomic E-state index is 12.1. The molecule has 2 aromatic carbocycles. The van der Waals surface area contributed by atoms with Gasteiger partial charge in [-0.1, -0.05) is 37.6 Å². The van der Waals surface area contributed by atoms with Crippen LogP contribution in [0, 0.1) is 0 Å². The van der Waals surface area contributed by atoms with Gasteiger partial charge in [0.2, 0.25) is 0 Å². The summed E-state index contributed by atoms with van der Waals surface area (Å²) in [6, 6.07) is 13.5. The summed E-state index contributed by atoms with van der Waals surface area (Å²) >= 11 is 0. The Morgan fingerprint density at radius 1 is 0.880 bits per heavy atom. The van der Waals surface area contributed by atoms with Gasteiger partial charge in [0, 0.05) is 0 Å². The van der Waals surface area contributed by atoms with Crippen molar-refractivity contribution in [2.24, 2.45) is 10.2 Å². The van der Waals surface area contributed by atoms with Crippen LogP contribution in [-0.4, -0.2) is 18.8 Å². The Kier molecular flexibility index (Phi) is 6.74. The van der Waals surface area contributed by atoms with Crippen molar-refractivity contribution in [3.63, 3.8) is 0 Å². The van der Waals surface area contributed by atoms with Crippen molar-refractivity contribution in [2.75, 3.05) is 0 Å². The minimum atomic E-state index is -4.69. The van der Waals surface area contributed by atoms with Crippen LogP contribution in [0.2, 0.25) is 0 Å². The molecule has 2 rings (SSSR count). The first-order chi connectivity index (χ1) is 12.0. The maximum Gasteiger partial charge on any atom is 0.573 e. The summed E-state index contributed by atoms with van der Waals surface area (Å²) in [6.07, 6.45) is 1.81. The van der Waals surface area contributed by atoms with E-state index in [4.69, 9.17) is 0 Å². The van der Waals surface area contributed by atoms with Crippen LogP contribution in [0.3, 0.4) is 0 Å². The Balaban J connectivity index is 1.88. The molecule has 0 fully saturated rings. The van der Waals surface area contributed by atoms with Gasteiger partial charge < -0.3 is 4.74 Å². The highest BCUT2D eigenvalue weighted by Gasteiger charge is 2.30. The van der Waals surface area contributed by atoms with Crippen LogP contribution >= 0.6 is 0 Å². The van der Waals surface area contributed by atoms with Crippen molar-refractivity contribution in [1.29, 1.82) is 0 Å². The van der Waals surface area contributed by atoms with Gasteiger partial charge in [-0.3, -0.25) is 0 Å². The third kappa shape index (κ3) is 7.20. The lowest BCUT2D eigenvalue weighted by Gasteiger charge is -2.08. The topological polar surface area (TPSA) is 34.0 Å². The second kappa shape index (κ2) is 9.01. The number of alkyl halides is 3. The van der Waals surface area contributed by atoms with E-state index in [0.717, 1.165) is 12.0 Å². The first kappa shape index (κ1) is 18.7. The summed E-state index contributed by atoms with van der Waals surface area (Å²) in [7, 11) is 0. The van der Waals surface area contributed by atoms with Crippen LogP contribution < -0.4 is 4.74 Å². The highest BCUT2D eigenvalue weighted by Crippen LogP contribution is 2.22. The van der Waals surface area contributed by atoms with Crippen LogP contribution in [0.4, 0.5) is 13.2 Å². The molecular weight excluding hydrogens is 329 g/mol. The van der Waals surface area contributed by atoms with E-state index in [1.54, 1.807) is 6.21 Å². The van der Waals surface area contributed by atoms with Crippen LogP contribution in [0.5, 0.6) is 5.75 Å². The average Bonchev–Trinajstić information content (AvgIpc) is 2.58. The molecule has 0 heterocycles. The average molecular weight is 348 g/mol. The van der Waals surface area contributed by atoms with Gasteiger partial charge in [0.1, 0.15) is 5.75 Å². The molecule has 6 heteroatoms. The molecule has 0 aliphatic heterocycles. The summed E-state index contributed by atoms with van der Waals surface area (Å²) in [5.41, 5.74) is 2.86. The molecule has 0 N–H and O–H groups in total. The van der Waals surface area contributed by atoms with Gasteiger partial charge in [0.15, 0.2) is 0 Å². The second-order valence-electron chi connectivity index (χ2n) is 5.45. The number of benzene rings is 2. The molecule has 0 aliphatic rings. The summed E-state index contributed by atoms with van der Waals surface area (Å²) in [5, 5.41) is 7.84. The molecule has 0 amide bonds. The highest BCUT2D eigenvalue weighted by atomic mass is 19.4. The normalized spacial score (nSPS) is 12.2. The lowest BCUT2D eigenvalue weighted by Crippen LogP contribution is -2.16. The number of aryl methyl sites for hydroxylation is 1. The lowest BCUT2D eigenvalue weighted by atomic mass is 10.1. The first-order valence-corrected chi connectivity index (χ1v) is 7.97. The molecule has 0 unspecified atom stereocenters. The van der Waals surface area contributed by atoms with E-state index in [1.807, 2.05) is 12.1 Å². The molecule has 0 atom stereocenters. The van der Waals surface area contributed by atoms with Crippen LogP contribution in [0.1, 0.15) is 36.5 Å². The predicted molar refractivity (Wildman–Crippen MR) is 93.4 cm³/mol. The monoisotopic (exact) mass is 348 g/mol. The fourth-order valence-electron chi connectivity index (χ4n) is 2.11. The number of hydrogen-bond acceptors (Lipinski definition) is 3. The Morgan fingerprint density at radius 3 is 1.88 bits per heavy atom. The summed E-state index contributed by atoms with van der Waals surface area (Å²) in [5.74, 6) is -0.267. The van der Waals surface area contributed by atoms with Gasteiger partial charge in [-0.2, -0.15) is 10.2 Å². The molecular formula is C19H19F3N2O. The van der Waals surface area contributed by atoms with E-state index >= 15 is 0 Å². The SMILES string of the molecule is CCCCc1ccc(C=NN=Cc2ccc(OC(F)(F)F)cc2)cc1. The molecule has 0 saturated carbocycles. The number of hydrogen-bond donors (Lipinski definition) is 0. The maximum absolute atomic E-state index is 12.1. The molecule has 0 aromatic heterocycles. The fourth-order valence-corrected chi connectivity index (χ4v) is 2.11. The van der Waals surface area contributed by atoms with E-state index in [1.165, 1.54) is 48.9 Å². The molecule has 2 aromatic rings. The van der Waals surface area contributed by atoms with Gasteiger partial charge in [-0.25, -0.2) is 0 Å². The Bertz CT molecular complexity index is 705. The van der Waals surface area contributed by atoms with Gasteiger partial charge >= 0.3 is 6.36 Å². The number of halogens is 3. The Hall–Kier alpha value is -2.63. The first-order valence-electron chi connectivity index (χ1n) is 7.97. The highest BCUT2D eigenvalue weighted by molar-refractivity contribution is 5.82. The van der Waals surface area contributed by atoms with Gasteiger partial charge in [0.25, 0.3) is 0 Å². The van der Waals surface area contributed by atoms with Crippen LogP contribution in [0.15, 0.2) is 58.7 Å². The summed E-state index contributed by atoms with van der Waals surface area (Å²) in [4.78, 5) is 0. The standard InChI is InChI=1S/C19H19F3N2O/c1-2-3-4-15-5-7-16(8-6-15)13-23-24-14-17-9-11-18(12-10-17)25-19(20,21)22/h5-14H,2-4H2,1H3. The fraction of sp³-hybridized carbons (Fsp3) is 0.263. The van der Waals surface area contributed by atoms with Gasteiger partial charge in [0.05, 0.1) is 12.4 Å².